The largest absolute Gasteiger partial charge is 0.394 e. The third kappa shape index (κ3) is 38.1. The van der Waals surface area contributed by atoms with E-state index in [1.54, 1.807) is 6.08 Å². The third-order valence-corrected chi connectivity index (χ3v) is 12.0. The highest BCUT2D eigenvalue weighted by Crippen LogP contribution is 2.22. The zero-order valence-electron chi connectivity index (χ0n) is 43.7. The van der Waals surface area contributed by atoms with Gasteiger partial charge in [-0.05, 0) is 103 Å². The van der Waals surface area contributed by atoms with E-state index in [0.29, 0.717) is 6.42 Å². The molecule has 7 unspecified atom stereocenters. The van der Waals surface area contributed by atoms with Gasteiger partial charge in [0.1, 0.15) is 24.4 Å². The minimum absolute atomic E-state index is 0.202. The molecule has 0 spiro atoms. The van der Waals surface area contributed by atoms with Gasteiger partial charge in [-0.2, -0.15) is 0 Å². The lowest BCUT2D eigenvalue weighted by atomic mass is 9.99. The molecule has 1 aliphatic heterocycles. The summed E-state index contributed by atoms with van der Waals surface area (Å²) in [5.74, 6) is -0.202. The monoisotopic (exact) mass is 974 g/mol. The summed E-state index contributed by atoms with van der Waals surface area (Å²) in [6.07, 6.45) is 68.1. The second-order valence-corrected chi connectivity index (χ2v) is 18.3. The summed E-state index contributed by atoms with van der Waals surface area (Å²) in [5.41, 5.74) is 0. The first-order valence-corrected chi connectivity index (χ1v) is 27.4. The van der Waals surface area contributed by atoms with Crippen molar-refractivity contribution in [1.82, 2.24) is 5.32 Å². The topological polar surface area (TPSA) is 149 Å². The van der Waals surface area contributed by atoms with E-state index in [9.17, 15) is 30.3 Å². The lowest BCUT2D eigenvalue weighted by Gasteiger charge is -2.40. The lowest BCUT2D eigenvalue weighted by molar-refractivity contribution is -0.302. The Bertz CT molecular complexity index is 1550. The molecule has 9 nitrogen and oxygen atoms in total. The molecule has 1 rings (SSSR count). The number of carbonyl (C=O) groups excluding carboxylic acids is 1. The van der Waals surface area contributed by atoms with E-state index < -0.39 is 49.5 Å². The van der Waals surface area contributed by atoms with Gasteiger partial charge >= 0.3 is 0 Å². The molecule has 0 saturated carbocycles. The van der Waals surface area contributed by atoms with Crippen LogP contribution in [0.3, 0.4) is 0 Å². The van der Waals surface area contributed by atoms with E-state index in [1.165, 1.54) is 57.8 Å². The van der Waals surface area contributed by atoms with Crippen molar-refractivity contribution in [3.05, 3.63) is 134 Å². The maximum absolute atomic E-state index is 13.0. The van der Waals surface area contributed by atoms with Crippen molar-refractivity contribution in [3.8, 4) is 0 Å². The van der Waals surface area contributed by atoms with Crippen LogP contribution in [0.2, 0.25) is 0 Å². The van der Waals surface area contributed by atoms with Crippen LogP contribution in [0, 0.1) is 0 Å². The number of amides is 1. The van der Waals surface area contributed by atoms with Crippen LogP contribution in [0.25, 0.3) is 0 Å². The first kappa shape index (κ1) is 64.3. The van der Waals surface area contributed by atoms with E-state index in [1.807, 2.05) is 6.08 Å². The standard InChI is InChI=1S/C61H99NO8/c1-3-5-7-9-11-13-15-16-17-18-19-20-21-22-23-24-25-26-27-28-29-30-31-32-33-34-35-36-37-38-39-40-41-43-45-47-49-51-57(65)62-54(53-69-61-60(68)59(67)58(66)56(52-63)70-61)55(64)50-48-46-44-42-14-12-10-8-6-4-2/h5,7,11,13-14,16-17,19-20,22-23,25-26,28-29,31-32,34-35,42,48,50,54-56,58-61,63-64,66-68H,3-4,6,8-10,12,15,18,21,24,27,30,33,36-41,43-47,49,51-53H2,1-2H3,(H,62,65)/b7-5-,13-11-,17-16-,20-19-,23-22-,26-25-,29-28-,32-31-,35-34-,42-14+,50-48+. The van der Waals surface area contributed by atoms with Crippen molar-refractivity contribution >= 4 is 5.91 Å². The predicted molar refractivity (Wildman–Crippen MR) is 294 cm³/mol. The van der Waals surface area contributed by atoms with Crippen molar-refractivity contribution in [1.29, 1.82) is 0 Å². The van der Waals surface area contributed by atoms with Crippen molar-refractivity contribution < 1.29 is 39.8 Å². The van der Waals surface area contributed by atoms with E-state index in [2.05, 4.69) is 141 Å². The Morgan fingerprint density at radius 3 is 1.37 bits per heavy atom. The molecule has 0 bridgehead atoms. The van der Waals surface area contributed by atoms with Crippen LogP contribution in [-0.2, 0) is 14.3 Å². The van der Waals surface area contributed by atoms with Crippen LogP contribution in [0.1, 0.15) is 187 Å². The highest BCUT2D eigenvalue weighted by atomic mass is 16.7. The fraction of sp³-hybridized carbons (Fsp3) is 0.623. The molecule has 1 heterocycles. The van der Waals surface area contributed by atoms with Gasteiger partial charge in [0.05, 0.1) is 25.4 Å². The third-order valence-electron chi connectivity index (χ3n) is 12.0. The molecule has 396 valence electrons. The minimum Gasteiger partial charge on any atom is -0.394 e. The number of aliphatic hydroxyl groups is 5. The van der Waals surface area contributed by atoms with Crippen molar-refractivity contribution in [3.63, 3.8) is 0 Å². The van der Waals surface area contributed by atoms with Gasteiger partial charge in [-0.3, -0.25) is 4.79 Å². The van der Waals surface area contributed by atoms with Crippen LogP contribution in [0.4, 0.5) is 0 Å². The second-order valence-electron chi connectivity index (χ2n) is 18.3. The average molecular weight is 974 g/mol. The summed E-state index contributed by atoms with van der Waals surface area (Å²) in [4.78, 5) is 13.0. The molecule has 0 aromatic rings. The van der Waals surface area contributed by atoms with E-state index in [0.717, 1.165) is 109 Å². The highest BCUT2D eigenvalue weighted by Gasteiger charge is 2.44. The Balaban J connectivity index is 2.16. The molecule has 0 radical (unpaired) electrons. The van der Waals surface area contributed by atoms with Crippen molar-refractivity contribution in [2.75, 3.05) is 13.2 Å². The molecular formula is C61H99NO8. The van der Waals surface area contributed by atoms with Crippen LogP contribution < -0.4 is 5.32 Å². The normalized spacial score (nSPS) is 20.5. The fourth-order valence-electron chi connectivity index (χ4n) is 7.63. The summed E-state index contributed by atoms with van der Waals surface area (Å²) in [6, 6.07) is -0.832. The van der Waals surface area contributed by atoms with Crippen molar-refractivity contribution in [2.45, 2.75) is 230 Å². The number of aliphatic hydroxyl groups excluding tert-OH is 5. The molecule has 0 aromatic carbocycles. The maximum atomic E-state index is 13.0. The Kier molecular flexibility index (Phi) is 45.0. The summed E-state index contributed by atoms with van der Waals surface area (Å²) < 4.78 is 11.2. The molecule has 0 aliphatic carbocycles. The summed E-state index contributed by atoms with van der Waals surface area (Å²) in [7, 11) is 0. The Labute approximate surface area is 426 Å². The number of nitrogens with one attached hydrogen (secondary N) is 1. The summed E-state index contributed by atoms with van der Waals surface area (Å²) in [5, 5.41) is 54.2. The predicted octanol–water partition coefficient (Wildman–Crippen LogP) is 13.3. The first-order valence-electron chi connectivity index (χ1n) is 27.4. The van der Waals surface area contributed by atoms with E-state index >= 15 is 0 Å². The van der Waals surface area contributed by atoms with Gasteiger partial charge in [0, 0.05) is 6.42 Å². The van der Waals surface area contributed by atoms with E-state index in [-0.39, 0.29) is 12.5 Å². The van der Waals surface area contributed by atoms with Gasteiger partial charge in [-0.25, -0.2) is 0 Å². The smallest absolute Gasteiger partial charge is 0.220 e. The zero-order chi connectivity index (χ0) is 50.8. The Hall–Kier alpha value is -3.67. The number of hydrogen-bond acceptors (Lipinski definition) is 8. The molecule has 7 atom stereocenters. The molecule has 6 N–H and O–H groups in total. The fourth-order valence-corrected chi connectivity index (χ4v) is 7.63. The van der Waals surface area contributed by atoms with Gasteiger partial charge in [-0.15, -0.1) is 0 Å². The van der Waals surface area contributed by atoms with Gasteiger partial charge in [-0.1, -0.05) is 212 Å². The van der Waals surface area contributed by atoms with Crippen LogP contribution in [0.5, 0.6) is 0 Å². The molecule has 70 heavy (non-hydrogen) atoms. The highest BCUT2D eigenvalue weighted by molar-refractivity contribution is 5.76. The number of rotatable bonds is 44. The number of unbranched alkanes of at least 4 members (excludes halogenated alkanes) is 14. The van der Waals surface area contributed by atoms with Crippen molar-refractivity contribution in [2.24, 2.45) is 0 Å². The SMILES string of the molecule is CC/C=C\C/C=C\C/C=C\C/C=C\C/C=C\C/C=C\C/C=C\C/C=C\C/C=C\CCCCCCCCCCCC(=O)NC(COC1OC(CO)C(O)C(O)C1O)C(O)/C=C/CC/C=C/CCCCCC. The Morgan fingerprint density at radius 2 is 0.900 bits per heavy atom. The molecule has 1 aliphatic rings. The first-order chi connectivity index (χ1) is 34.3. The lowest BCUT2D eigenvalue weighted by Crippen LogP contribution is -2.60. The van der Waals surface area contributed by atoms with Crippen LogP contribution >= 0.6 is 0 Å². The minimum atomic E-state index is -1.58. The summed E-state index contributed by atoms with van der Waals surface area (Å²) >= 11 is 0. The zero-order valence-corrected chi connectivity index (χ0v) is 43.7. The van der Waals surface area contributed by atoms with Gasteiger partial charge in [0.25, 0.3) is 0 Å². The number of ether oxygens (including phenoxy) is 2. The number of carbonyl (C=O) groups is 1. The quantitative estimate of drug-likeness (QED) is 0.0261. The molecule has 0 aromatic heterocycles. The number of allylic oxidation sites excluding steroid dienone is 21. The van der Waals surface area contributed by atoms with Gasteiger partial charge in [0.2, 0.25) is 5.91 Å². The Morgan fingerprint density at radius 1 is 0.500 bits per heavy atom. The van der Waals surface area contributed by atoms with Crippen LogP contribution in [0.15, 0.2) is 134 Å². The summed E-state index contributed by atoms with van der Waals surface area (Å²) in [6.45, 7) is 3.58. The van der Waals surface area contributed by atoms with E-state index in [4.69, 9.17) is 9.47 Å². The van der Waals surface area contributed by atoms with Gasteiger partial charge < -0.3 is 40.3 Å². The molecule has 1 amide bonds. The molecular weight excluding hydrogens is 875 g/mol. The number of hydrogen-bond donors (Lipinski definition) is 6. The average Bonchev–Trinajstić information content (AvgIpc) is 3.36. The molecule has 9 heteroatoms. The second kappa shape index (κ2) is 48.9. The molecule has 1 fully saturated rings. The van der Waals surface area contributed by atoms with Crippen LogP contribution in [-0.4, -0.2) is 87.5 Å². The molecule has 1 saturated heterocycles. The maximum Gasteiger partial charge on any atom is 0.220 e. The van der Waals surface area contributed by atoms with Gasteiger partial charge in [0.15, 0.2) is 6.29 Å².